The van der Waals surface area contributed by atoms with Gasteiger partial charge in [0.05, 0.1) is 11.2 Å². The Balaban J connectivity index is 1.65. The van der Waals surface area contributed by atoms with Gasteiger partial charge in [0.15, 0.2) is 5.82 Å². The van der Waals surface area contributed by atoms with Crippen molar-refractivity contribution in [2.24, 2.45) is 5.10 Å². The topological polar surface area (TPSA) is 59.1 Å². The van der Waals surface area contributed by atoms with Crippen molar-refractivity contribution in [2.45, 2.75) is 0 Å². The molecule has 0 radical (unpaired) electrons. The van der Waals surface area contributed by atoms with Crippen molar-refractivity contribution in [1.82, 2.24) is 14.9 Å². The first-order valence-corrected chi connectivity index (χ1v) is 9.58. The lowest BCUT2D eigenvalue weighted by Crippen LogP contribution is -1.94. The highest BCUT2D eigenvalue weighted by Gasteiger charge is 2.10. The minimum absolute atomic E-state index is 0.353. The average molecular weight is 450 g/mol. The normalized spacial score (nSPS) is 11.4. The van der Waals surface area contributed by atoms with Crippen LogP contribution in [0.4, 0.5) is 0 Å². The van der Waals surface area contributed by atoms with Crippen molar-refractivity contribution in [3.8, 4) is 22.7 Å². The summed E-state index contributed by atoms with van der Waals surface area (Å²) in [6.07, 6.45) is 1.55. The van der Waals surface area contributed by atoms with E-state index in [1.807, 2.05) is 12.1 Å². The van der Waals surface area contributed by atoms with Crippen LogP contribution in [0.25, 0.3) is 22.7 Å². The second-order valence-electron chi connectivity index (χ2n) is 5.74. The van der Waals surface area contributed by atoms with Crippen molar-refractivity contribution in [3.63, 3.8) is 0 Å². The monoisotopic (exact) mass is 448 g/mol. The first-order chi connectivity index (χ1) is 13.5. The molecule has 0 bridgehead atoms. The molecule has 2 heterocycles. The van der Waals surface area contributed by atoms with Crippen LogP contribution in [0.3, 0.4) is 0 Å². The van der Waals surface area contributed by atoms with Crippen LogP contribution in [-0.4, -0.2) is 21.1 Å². The van der Waals surface area contributed by atoms with E-state index < -0.39 is 0 Å². The summed E-state index contributed by atoms with van der Waals surface area (Å²) in [5.41, 5.74) is 1.52. The Morgan fingerprint density at radius 1 is 1.00 bits per heavy atom. The van der Waals surface area contributed by atoms with Crippen LogP contribution < -0.4 is 0 Å². The van der Waals surface area contributed by atoms with Crippen LogP contribution in [0.15, 0.2) is 64.1 Å². The zero-order chi connectivity index (χ0) is 19.7. The van der Waals surface area contributed by atoms with Gasteiger partial charge in [0, 0.05) is 21.2 Å². The van der Waals surface area contributed by atoms with Crippen LogP contribution in [0, 0.1) is 4.77 Å². The standard InChI is InChI=1S/C19H11Cl3N4OS/c20-12-3-1-11(2-4-12)18-24-25-19(28)26(18)23-10-14-6-8-17(27-14)15-9-13(21)5-7-16(15)22/h1-10H,(H,25,28)/b23-10+. The van der Waals surface area contributed by atoms with E-state index in [-0.39, 0.29) is 0 Å². The molecule has 4 rings (SSSR count). The molecule has 0 unspecified atom stereocenters. The van der Waals surface area contributed by atoms with Gasteiger partial charge in [-0.1, -0.05) is 34.8 Å². The van der Waals surface area contributed by atoms with E-state index in [1.54, 1.807) is 48.7 Å². The fourth-order valence-corrected chi connectivity index (χ4v) is 3.24. The third-order valence-electron chi connectivity index (χ3n) is 3.87. The maximum absolute atomic E-state index is 6.23. The Bertz CT molecular complexity index is 1220. The van der Waals surface area contributed by atoms with E-state index in [9.17, 15) is 0 Å². The molecule has 2 aromatic carbocycles. The van der Waals surface area contributed by atoms with Crippen LogP contribution in [0.5, 0.6) is 0 Å². The molecule has 0 fully saturated rings. The summed E-state index contributed by atoms with van der Waals surface area (Å²) in [4.78, 5) is 0. The Labute approximate surface area is 180 Å². The number of hydrogen-bond acceptors (Lipinski definition) is 4. The Morgan fingerprint density at radius 3 is 2.54 bits per heavy atom. The molecular weight excluding hydrogens is 439 g/mol. The highest BCUT2D eigenvalue weighted by molar-refractivity contribution is 7.71. The number of aromatic nitrogens is 3. The molecule has 0 atom stereocenters. The highest BCUT2D eigenvalue weighted by atomic mass is 35.5. The summed E-state index contributed by atoms with van der Waals surface area (Å²) in [5.74, 6) is 1.67. The van der Waals surface area contributed by atoms with E-state index in [1.165, 1.54) is 4.68 Å². The minimum Gasteiger partial charge on any atom is -0.455 e. The second-order valence-corrected chi connectivity index (χ2v) is 7.41. The maximum atomic E-state index is 6.23. The molecule has 1 N–H and O–H groups in total. The number of furan rings is 1. The molecule has 4 aromatic rings. The number of halogens is 3. The summed E-state index contributed by atoms with van der Waals surface area (Å²) >= 11 is 23.5. The SMILES string of the molecule is S=c1[nH]nc(-c2ccc(Cl)cc2)n1/N=C/c1ccc(-c2cc(Cl)ccc2Cl)o1. The number of hydrogen-bond donors (Lipinski definition) is 1. The molecule has 0 saturated heterocycles. The van der Waals surface area contributed by atoms with Crippen molar-refractivity contribution in [1.29, 1.82) is 0 Å². The largest absolute Gasteiger partial charge is 0.455 e. The number of aromatic amines is 1. The molecule has 0 aliphatic heterocycles. The molecule has 0 aliphatic rings. The van der Waals surface area contributed by atoms with Gasteiger partial charge in [0.1, 0.15) is 11.5 Å². The van der Waals surface area contributed by atoms with Gasteiger partial charge in [0.25, 0.3) is 0 Å². The van der Waals surface area contributed by atoms with Crippen molar-refractivity contribution in [3.05, 3.63) is 80.2 Å². The Hall–Kier alpha value is -2.38. The molecule has 5 nitrogen and oxygen atoms in total. The van der Waals surface area contributed by atoms with Gasteiger partial charge in [-0.05, 0) is 66.8 Å². The lowest BCUT2D eigenvalue weighted by atomic mass is 10.2. The summed E-state index contributed by atoms with van der Waals surface area (Å²) in [7, 11) is 0. The van der Waals surface area contributed by atoms with Crippen molar-refractivity contribution >= 4 is 53.2 Å². The molecule has 28 heavy (non-hydrogen) atoms. The van der Waals surface area contributed by atoms with E-state index >= 15 is 0 Å². The fourth-order valence-electron chi connectivity index (χ4n) is 2.55. The second kappa shape index (κ2) is 7.93. The first kappa shape index (κ1) is 19.0. The molecule has 0 aliphatic carbocycles. The predicted molar refractivity (Wildman–Crippen MR) is 115 cm³/mol. The fraction of sp³-hybridized carbons (Fsp3) is 0. The van der Waals surface area contributed by atoms with Gasteiger partial charge in [-0.3, -0.25) is 0 Å². The maximum Gasteiger partial charge on any atom is 0.216 e. The highest BCUT2D eigenvalue weighted by Crippen LogP contribution is 2.31. The number of H-pyrrole nitrogens is 1. The van der Waals surface area contributed by atoms with E-state index in [0.717, 1.165) is 5.56 Å². The van der Waals surface area contributed by atoms with Gasteiger partial charge < -0.3 is 4.42 Å². The number of nitrogens with zero attached hydrogens (tertiary/aromatic N) is 3. The van der Waals surface area contributed by atoms with Crippen LogP contribution in [-0.2, 0) is 0 Å². The number of benzene rings is 2. The van der Waals surface area contributed by atoms with Gasteiger partial charge in [-0.15, -0.1) is 0 Å². The number of rotatable bonds is 4. The smallest absolute Gasteiger partial charge is 0.216 e. The molecule has 0 spiro atoms. The van der Waals surface area contributed by atoms with E-state index in [0.29, 0.717) is 42.7 Å². The lowest BCUT2D eigenvalue weighted by molar-refractivity contribution is 0.574. The van der Waals surface area contributed by atoms with Crippen LogP contribution >= 0.6 is 47.0 Å². The number of nitrogens with one attached hydrogen (secondary N) is 1. The average Bonchev–Trinajstić information content (AvgIpc) is 3.29. The molecule has 2 aromatic heterocycles. The third-order valence-corrected chi connectivity index (χ3v) is 4.95. The first-order valence-electron chi connectivity index (χ1n) is 8.04. The summed E-state index contributed by atoms with van der Waals surface area (Å²) in [5, 5.41) is 13.1. The Morgan fingerprint density at radius 2 is 1.75 bits per heavy atom. The van der Waals surface area contributed by atoms with Crippen LogP contribution in [0.2, 0.25) is 15.1 Å². The van der Waals surface area contributed by atoms with Crippen molar-refractivity contribution < 1.29 is 4.42 Å². The Kier molecular flexibility index (Phi) is 5.37. The van der Waals surface area contributed by atoms with Gasteiger partial charge >= 0.3 is 0 Å². The summed E-state index contributed by atoms with van der Waals surface area (Å²) in [6.45, 7) is 0. The quantitative estimate of drug-likeness (QED) is 0.278. The van der Waals surface area contributed by atoms with Gasteiger partial charge in [-0.2, -0.15) is 14.9 Å². The van der Waals surface area contributed by atoms with Crippen molar-refractivity contribution in [2.75, 3.05) is 0 Å². The molecule has 9 heteroatoms. The lowest BCUT2D eigenvalue weighted by Gasteiger charge is -2.01. The zero-order valence-electron chi connectivity index (χ0n) is 14.1. The predicted octanol–water partition coefficient (Wildman–Crippen LogP) is 6.71. The van der Waals surface area contributed by atoms with Crippen LogP contribution in [0.1, 0.15) is 5.76 Å². The zero-order valence-corrected chi connectivity index (χ0v) is 17.1. The summed E-state index contributed by atoms with van der Waals surface area (Å²) in [6, 6.07) is 16.0. The molecular formula is C19H11Cl3N4OS. The summed E-state index contributed by atoms with van der Waals surface area (Å²) < 4.78 is 7.68. The minimum atomic E-state index is 0.353. The third kappa shape index (κ3) is 3.91. The molecule has 140 valence electrons. The van der Waals surface area contributed by atoms with E-state index in [4.69, 9.17) is 51.4 Å². The van der Waals surface area contributed by atoms with Gasteiger partial charge in [-0.25, -0.2) is 5.10 Å². The van der Waals surface area contributed by atoms with E-state index in [2.05, 4.69) is 15.3 Å². The molecule has 0 amide bonds. The van der Waals surface area contributed by atoms with Gasteiger partial charge in [0.2, 0.25) is 4.77 Å². The molecule has 0 saturated carbocycles.